The number of halogens is 1. The minimum atomic E-state index is -0.649. The Morgan fingerprint density at radius 3 is 2.27 bits per heavy atom. The zero-order valence-corrected chi connectivity index (χ0v) is 12.1. The molecule has 0 saturated carbocycles. The van der Waals surface area contributed by atoms with Gasteiger partial charge in [0.05, 0.1) is 5.56 Å². The smallest absolute Gasteiger partial charge is 0.260 e. The summed E-state index contributed by atoms with van der Waals surface area (Å²) in [6, 6.07) is 11.8. The van der Waals surface area contributed by atoms with Gasteiger partial charge in [-0.1, -0.05) is 12.1 Å². The molecule has 22 heavy (non-hydrogen) atoms. The second kappa shape index (κ2) is 6.77. The van der Waals surface area contributed by atoms with Crippen LogP contribution in [0.4, 0.5) is 10.1 Å². The second-order valence-corrected chi connectivity index (χ2v) is 4.74. The molecule has 0 aromatic heterocycles. The topological polar surface area (TPSA) is 84.2 Å². The first-order valence-corrected chi connectivity index (χ1v) is 6.65. The van der Waals surface area contributed by atoms with Crippen LogP contribution in [-0.2, 0) is 0 Å². The second-order valence-electron chi connectivity index (χ2n) is 4.33. The summed E-state index contributed by atoms with van der Waals surface area (Å²) in [4.78, 5) is 22.8. The molecule has 0 saturated heterocycles. The van der Waals surface area contributed by atoms with Gasteiger partial charge in [0.2, 0.25) is 5.91 Å². The maximum absolute atomic E-state index is 13.5. The number of nitrogens with two attached hydrogens (primary N) is 1. The van der Waals surface area contributed by atoms with Crippen LogP contribution in [-0.4, -0.2) is 16.9 Å². The Balaban J connectivity index is 1.99. The summed E-state index contributed by atoms with van der Waals surface area (Å²) < 4.78 is 13.5. The zero-order valence-electron chi connectivity index (χ0n) is 11.3. The van der Waals surface area contributed by atoms with Crippen LogP contribution in [0.3, 0.4) is 0 Å². The summed E-state index contributed by atoms with van der Waals surface area (Å²) in [7, 11) is 0. The number of carbonyl (C=O) groups excluding carboxylic acids is 2. The van der Waals surface area contributed by atoms with Gasteiger partial charge >= 0.3 is 0 Å². The molecule has 0 radical (unpaired) electrons. The highest BCUT2D eigenvalue weighted by Crippen LogP contribution is 2.10. The van der Waals surface area contributed by atoms with Crippen molar-refractivity contribution in [3.8, 4) is 0 Å². The molecule has 0 aliphatic rings. The number of nitrogens with one attached hydrogen (secondary N) is 2. The van der Waals surface area contributed by atoms with Crippen LogP contribution >= 0.6 is 12.2 Å². The average Bonchev–Trinajstić information content (AvgIpc) is 2.48. The summed E-state index contributed by atoms with van der Waals surface area (Å²) in [6.07, 6.45) is 0. The fourth-order valence-electron chi connectivity index (χ4n) is 1.70. The van der Waals surface area contributed by atoms with Gasteiger partial charge in [-0.3, -0.25) is 14.9 Å². The number of rotatable bonds is 3. The molecule has 0 atom stereocenters. The van der Waals surface area contributed by atoms with E-state index in [1.54, 1.807) is 18.2 Å². The van der Waals surface area contributed by atoms with E-state index < -0.39 is 17.6 Å². The van der Waals surface area contributed by atoms with Gasteiger partial charge in [0, 0.05) is 11.3 Å². The molecule has 0 bridgehead atoms. The first kappa shape index (κ1) is 15.6. The van der Waals surface area contributed by atoms with Crippen LogP contribution in [0.5, 0.6) is 0 Å². The van der Waals surface area contributed by atoms with Gasteiger partial charge in [-0.25, -0.2) is 4.39 Å². The average molecular weight is 317 g/mol. The molecule has 0 aliphatic heterocycles. The normalized spacial score (nSPS) is 9.86. The number of anilines is 1. The summed E-state index contributed by atoms with van der Waals surface area (Å²) in [5.41, 5.74) is 5.94. The zero-order chi connectivity index (χ0) is 16.1. The number of primary amides is 1. The molecule has 5 nitrogen and oxygen atoms in total. The lowest BCUT2D eigenvalue weighted by molar-refractivity contribution is 0.0971. The third-order valence-corrected chi connectivity index (χ3v) is 2.98. The quantitative estimate of drug-likeness (QED) is 0.757. The van der Waals surface area contributed by atoms with Crippen molar-refractivity contribution >= 4 is 34.8 Å². The SMILES string of the molecule is NC(=O)c1ccc(NC(=S)NC(=O)c2ccccc2F)cc1. The van der Waals surface area contributed by atoms with E-state index in [1.807, 2.05) is 0 Å². The number of carbonyl (C=O) groups is 2. The maximum Gasteiger partial charge on any atom is 0.260 e. The minimum absolute atomic E-state index is 0.0140. The van der Waals surface area contributed by atoms with Crippen molar-refractivity contribution in [2.75, 3.05) is 5.32 Å². The third-order valence-electron chi connectivity index (χ3n) is 2.77. The highest BCUT2D eigenvalue weighted by Gasteiger charge is 2.12. The standard InChI is InChI=1S/C15H12FN3O2S/c16-12-4-2-1-3-11(12)14(21)19-15(22)18-10-7-5-9(6-8-10)13(17)20/h1-8H,(H2,17,20)(H2,18,19,21,22). The summed E-state index contributed by atoms with van der Waals surface area (Å²) >= 11 is 4.98. The van der Waals surface area contributed by atoms with Crippen LogP contribution in [0, 0.1) is 5.82 Å². The Morgan fingerprint density at radius 2 is 1.68 bits per heavy atom. The van der Waals surface area contributed by atoms with Gasteiger partial charge in [0.1, 0.15) is 5.82 Å². The van der Waals surface area contributed by atoms with Crippen LogP contribution < -0.4 is 16.4 Å². The highest BCUT2D eigenvalue weighted by molar-refractivity contribution is 7.80. The molecule has 112 valence electrons. The van der Waals surface area contributed by atoms with Crippen molar-refractivity contribution < 1.29 is 14.0 Å². The van der Waals surface area contributed by atoms with Crippen LogP contribution in [0.1, 0.15) is 20.7 Å². The van der Waals surface area contributed by atoms with Crippen LogP contribution in [0.2, 0.25) is 0 Å². The summed E-state index contributed by atoms with van der Waals surface area (Å²) in [5, 5.41) is 5.14. The maximum atomic E-state index is 13.5. The van der Waals surface area contributed by atoms with Gasteiger partial charge in [-0.2, -0.15) is 0 Å². The lowest BCUT2D eigenvalue weighted by Gasteiger charge is -2.10. The lowest BCUT2D eigenvalue weighted by Crippen LogP contribution is -2.34. The number of amides is 2. The van der Waals surface area contributed by atoms with Crippen molar-refractivity contribution in [3.63, 3.8) is 0 Å². The minimum Gasteiger partial charge on any atom is -0.366 e. The molecule has 0 fully saturated rings. The Morgan fingerprint density at radius 1 is 1.05 bits per heavy atom. The van der Waals surface area contributed by atoms with Crippen LogP contribution in [0.25, 0.3) is 0 Å². The van der Waals surface area contributed by atoms with E-state index in [1.165, 1.54) is 30.3 Å². The molecule has 0 unspecified atom stereocenters. The molecule has 0 spiro atoms. The van der Waals surface area contributed by atoms with E-state index in [0.29, 0.717) is 11.3 Å². The Kier molecular flexibility index (Phi) is 4.80. The molecule has 2 amide bonds. The molecule has 4 N–H and O–H groups in total. The van der Waals surface area contributed by atoms with E-state index >= 15 is 0 Å². The van der Waals surface area contributed by atoms with Crippen molar-refractivity contribution in [1.29, 1.82) is 0 Å². The predicted molar refractivity (Wildman–Crippen MR) is 85.0 cm³/mol. The van der Waals surface area contributed by atoms with Crippen LogP contribution in [0.15, 0.2) is 48.5 Å². The third kappa shape index (κ3) is 3.86. The van der Waals surface area contributed by atoms with E-state index in [-0.39, 0.29) is 10.7 Å². The van der Waals surface area contributed by atoms with Crippen molar-refractivity contribution in [2.45, 2.75) is 0 Å². The largest absolute Gasteiger partial charge is 0.366 e. The molecular weight excluding hydrogens is 305 g/mol. The molecule has 0 aliphatic carbocycles. The fourth-order valence-corrected chi connectivity index (χ4v) is 1.91. The van der Waals surface area contributed by atoms with Crippen molar-refractivity contribution in [2.24, 2.45) is 5.73 Å². The number of hydrogen-bond acceptors (Lipinski definition) is 3. The van der Waals surface area contributed by atoms with Crippen molar-refractivity contribution in [1.82, 2.24) is 5.32 Å². The Hall–Kier alpha value is -2.80. The Labute approximate surface area is 131 Å². The number of thiocarbonyl (C=S) groups is 1. The molecule has 2 aromatic carbocycles. The van der Waals surface area contributed by atoms with E-state index in [2.05, 4.69) is 10.6 Å². The van der Waals surface area contributed by atoms with E-state index in [9.17, 15) is 14.0 Å². The van der Waals surface area contributed by atoms with E-state index in [4.69, 9.17) is 18.0 Å². The molecule has 0 heterocycles. The monoisotopic (exact) mass is 317 g/mol. The first-order valence-electron chi connectivity index (χ1n) is 6.24. The summed E-state index contributed by atoms with van der Waals surface area (Å²) in [5.74, 6) is -1.82. The molecule has 7 heteroatoms. The van der Waals surface area contributed by atoms with E-state index in [0.717, 1.165) is 0 Å². The fraction of sp³-hybridized carbons (Fsp3) is 0. The lowest BCUT2D eigenvalue weighted by atomic mass is 10.2. The highest BCUT2D eigenvalue weighted by atomic mass is 32.1. The Bertz CT molecular complexity index is 732. The number of hydrogen-bond donors (Lipinski definition) is 3. The van der Waals surface area contributed by atoms with Crippen molar-refractivity contribution in [3.05, 3.63) is 65.5 Å². The first-order chi connectivity index (χ1) is 10.5. The predicted octanol–water partition coefficient (Wildman–Crippen LogP) is 2.05. The van der Waals surface area contributed by atoms with Gasteiger partial charge in [0.25, 0.3) is 5.91 Å². The van der Waals surface area contributed by atoms with Gasteiger partial charge < -0.3 is 11.1 Å². The molecule has 2 aromatic rings. The van der Waals surface area contributed by atoms with Gasteiger partial charge in [-0.05, 0) is 48.6 Å². The van der Waals surface area contributed by atoms with Gasteiger partial charge in [0.15, 0.2) is 5.11 Å². The molecule has 2 rings (SSSR count). The molecular formula is C15H12FN3O2S. The number of benzene rings is 2. The summed E-state index contributed by atoms with van der Waals surface area (Å²) in [6.45, 7) is 0. The van der Waals surface area contributed by atoms with Gasteiger partial charge in [-0.15, -0.1) is 0 Å².